The highest BCUT2D eigenvalue weighted by Crippen LogP contribution is 2.59. The second-order valence-corrected chi connectivity index (χ2v) is 10.1. The molecule has 10 nitrogen and oxygen atoms in total. The van der Waals surface area contributed by atoms with Crippen molar-refractivity contribution in [3.63, 3.8) is 0 Å². The third kappa shape index (κ3) is 10.0. The van der Waals surface area contributed by atoms with Gasteiger partial charge in [-0.05, 0) is 42.0 Å². The smallest absolute Gasteiger partial charge is 0.447 e. The Labute approximate surface area is 234 Å². The molecule has 0 saturated heterocycles. The number of terminal acetylenes is 1. The number of ether oxygens (including phenoxy) is 3. The molecule has 0 heterocycles. The highest BCUT2D eigenvalue weighted by molar-refractivity contribution is 7.55. The van der Waals surface area contributed by atoms with E-state index in [9.17, 15) is 9.36 Å². The monoisotopic (exact) mass is 565 g/mol. The predicted octanol–water partition coefficient (Wildman–Crippen LogP) is 5.27. The maximum atomic E-state index is 14.5. The number of alkyl carbamates (subject to hydrolysis) is 1. The number of anilines is 1. The highest BCUT2D eigenvalue weighted by atomic mass is 31.2. The average Bonchev–Trinajstić information content (AvgIpc) is 2.94. The van der Waals surface area contributed by atoms with Gasteiger partial charge in [0, 0.05) is 5.69 Å². The Kier molecular flexibility index (Phi) is 11.9. The van der Waals surface area contributed by atoms with Gasteiger partial charge in [0.25, 0.3) is 0 Å². The second-order valence-electron chi connectivity index (χ2n) is 8.17. The van der Waals surface area contributed by atoms with Crippen molar-refractivity contribution in [1.82, 2.24) is 5.32 Å². The average molecular weight is 566 g/mol. The van der Waals surface area contributed by atoms with Gasteiger partial charge in [-0.2, -0.15) is 0 Å². The lowest BCUT2D eigenvalue weighted by atomic mass is 10.2. The van der Waals surface area contributed by atoms with Crippen LogP contribution in [-0.4, -0.2) is 39.1 Å². The van der Waals surface area contributed by atoms with Crippen LogP contribution < -0.4 is 25.4 Å². The third-order valence-electron chi connectivity index (χ3n) is 5.07. The summed E-state index contributed by atoms with van der Waals surface area (Å²) in [4.78, 5) is 12.9. The van der Waals surface area contributed by atoms with Gasteiger partial charge < -0.3 is 39.6 Å². The van der Waals surface area contributed by atoms with Gasteiger partial charge in [-0.3, -0.25) is 0 Å². The fraction of sp³-hybridized carbons (Fsp3) is 0.207. The minimum absolute atomic E-state index is 0.0570. The lowest BCUT2D eigenvalue weighted by Gasteiger charge is -2.28. The van der Waals surface area contributed by atoms with Gasteiger partial charge in [-0.1, -0.05) is 61.0 Å². The SMILES string of the molecule is C#CCOCCOCCOC(=O)NC(c1ccc(NC(=C)N)cc1)P(=O)(Oc1ccccc1)Oc1ccccc1. The van der Waals surface area contributed by atoms with Crippen LogP contribution in [0.15, 0.2) is 97.3 Å². The first kappa shape index (κ1) is 30.1. The quantitative estimate of drug-likeness (QED) is 0.121. The van der Waals surface area contributed by atoms with E-state index in [4.69, 9.17) is 35.4 Å². The Morgan fingerprint density at radius 1 is 0.875 bits per heavy atom. The van der Waals surface area contributed by atoms with Gasteiger partial charge in [-0.15, -0.1) is 6.42 Å². The van der Waals surface area contributed by atoms with Crippen molar-refractivity contribution in [3.05, 3.63) is 103 Å². The summed E-state index contributed by atoms with van der Waals surface area (Å²) in [6.07, 6.45) is 4.28. The van der Waals surface area contributed by atoms with Crippen LogP contribution in [-0.2, 0) is 18.8 Å². The minimum atomic E-state index is -4.19. The molecule has 3 aromatic rings. The molecule has 11 heteroatoms. The molecule has 0 bridgehead atoms. The molecule has 1 unspecified atom stereocenters. The molecular formula is C29H32N3O7P. The topological polar surface area (TPSA) is 130 Å². The number of hydrogen-bond acceptors (Lipinski definition) is 9. The Bertz CT molecular complexity index is 1250. The minimum Gasteiger partial charge on any atom is -0.447 e. The zero-order chi connectivity index (χ0) is 28.6. The molecule has 0 aliphatic rings. The zero-order valence-electron chi connectivity index (χ0n) is 21.9. The Morgan fingerprint density at radius 2 is 1.43 bits per heavy atom. The summed E-state index contributed by atoms with van der Waals surface area (Å²) >= 11 is 0. The van der Waals surface area contributed by atoms with E-state index in [0.29, 0.717) is 29.4 Å². The van der Waals surface area contributed by atoms with Crippen molar-refractivity contribution in [2.45, 2.75) is 5.78 Å². The number of amides is 1. The largest absolute Gasteiger partial charge is 0.457 e. The van der Waals surface area contributed by atoms with E-state index < -0.39 is 19.5 Å². The molecule has 0 radical (unpaired) electrons. The number of nitrogens with two attached hydrogens (primary N) is 1. The molecule has 0 aliphatic carbocycles. The normalized spacial score (nSPS) is 11.5. The summed E-state index contributed by atoms with van der Waals surface area (Å²) in [5.41, 5.74) is 6.71. The molecule has 3 rings (SSSR count). The van der Waals surface area contributed by atoms with Crippen LogP contribution in [0.1, 0.15) is 11.3 Å². The highest BCUT2D eigenvalue weighted by Gasteiger charge is 2.42. The van der Waals surface area contributed by atoms with Gasteiger partial charge in [0.1, 0.15) is 24.7 Å². The van der Waals surface area contributed by atoms with Crippen LogP contribution in [0.4, 0.5) is 10.5 Å². The molecule has 0 spiro atoms. The van der Waals surface area contributed by atoms with Gasteiger partial charge in [0.05, 0.1) is 25.6 Å². The Morgan fingerprint density at radius 3 is 1.98 bits per heavy atom. The van der Waals surface area contributed by atoms with Crippen molar-refractivity contribution in [3.8, 4) is 23.8 Å². The maximum absolute atomic E-state index is 14.5. The van der Waals surface area contributed by atoms with Gasteiger partial charge in [0.2, 0.25) is 0 Å². The molecule has 0 aliphatic heterocycles. The molecule has 1 atom stereocenters. The van der Waals surface area contributed by atoms with E-state index in [-0.39, 0.29) is 32.2 Å². The molecule has 0 saturated carbocycles. The van der Waals surface area contributed by atoms with E-state index in [1.807, 2.05) is 0 Å². The van der Waals surface area contributed by atoms with E-state index >= 15 is 0 Å². The number of carbonyl (C=O) groups excluding carboxylic acids is 1. The fourth-order valence-electron chi connectivity index (χ4n) is 3.36. The van der Waals surface area contributed by atoms with Crippen LogP contribution in [0.2, 0.25) is 0 Å². The summed E-state index contributed by atoms with van der Waals surface area (Å²) < 4.78 is 42.2. The third-order valence-corrected chi connectivity index (χ3v) is 7.06. The first-order valence-corrected chi connectivity index (χ1v) is 13.9. The molecule has 0 fully saturated rings. The summed E-state index contributed by atoms with van der Waals surface area (Å²) in [6, 6.07) is 23.8. The maximum Gasteiger partial charge on any atom is 0.457 e. The van der Waals surface area contributed by atoms with Gasteiger partial charge >= 0.3 is 13.7 Å². The predicted molar refractivity (Wildman–Crippen MR) is 153 cm³/mol. The summed E-state index contributed by atoms with van der Waals surface area (Å²) in [6.45, 7) is 4.49. The number of rotatable bonds is 16. The van der Waals surface area contributed by atoms with Crippen molar-refractivity contribution in [2.24, 2.45) is 5.73 Å². The lowest BCUT2D eigenvalue weighted by Crippen LogP contribution is -2.32. The summed E-state index contributed by atoms with van der Waals surface area (Å²) in [5, 5.41) is 5.55. The number of hydrogen-bond donors (Lipinski definition) is 3. The van der Waals surface area contributed by atoms with Crippen LogP contribution in [0.25, 0.3) is 0 Å². The Hall–Kier alpha value is -4.42. The molecule has 4 N–H and O–H groups in total. The van der Waals surface area contributed by atoms with Crippen LogP contribution in [0, 0.1) is 12.3 Å². The molecule has 40 heavy (non-hydrogen) atoms. The molecule has 210 valence electrons. The van der Waals surface area contributed by atoms with Crippen molar-refractivity contribution in [2.75, 3.05) is 38.4 Å². The van der Waals surface area contributed by atoms with Crippen LogP contribution in [0.5, 0.6) is 11.5 Å². The van der Waals surface area contributed by atoms with Crippen molar-refractivity contribution >= 4 is 19.4 Å². The number of nitrogens with one attached hydrogen (secondary N) is 2. The first-order valence-electron chi connectivity index (χ1n) is 12.3. The second kappa shape index (κ2) is 15.9. The van der Waals surface area contributed by atoms with Gasteiger partial charge in [-0.25, -0.2) is 9.36 Å². The zero-order valence-corrected chi connectivity index (χ0v) is 22.8. The summed E-state index contributed by atoms with van der Waals surface area (Å²) in [5.74, 6) is 1.94. The molecule has 3 aromatic carbocycles. The Balaban J connectivity index is 1.82. The summed E-state index contributed by atoms with van der Waals surface area (Å²) in [7, 11) is -4.19. The number of para-hydroxylation sites is 2. The number of carbonyl (C=O) groups is 1. The van der Waals surface area contributed by atoms with Crippen molar-refractivity contribution < 1.29 is 32.6 Å². The van der Waals surface area contributed by atoms with Gasteiger partial charge in [0.15, 0.2) is 5.78 Å². The van der Waals surface area contributed by atoms with Crippen molar-refractivity contribution in [1.29, 1.82) is 0 Å². The van der Waals surface area contributed by atoms with Crippen LogP contribution in [0.3, 0.4) is 0 Å². The number of benzene rings is 3. The van der Waals surface area contributed by atoms with E-state index in [0.717, 1.165) is 0 Å². The molecule has 1 amide bonds. The van der Waals surface area contributed by atoms with E-state index in [1.54, 1.807) is 84.9 Å². The van der Waals surface area contributed by atoms with E-state index in [1.165, 1.54) is 0 Å². The first-order chi connectivity index (χ1) is 19.4. The van der Waals surface area contributed by atoms with E-state index in [2.05, 4.69) is 23.1 Å². The lowest BCUT2D eigenvalue weighted by molar-refractivity contribution is 0.0357. The standard InChI is InChI=1S/C29H32N3O7P/c1-3-18-35-19-20-36-21-22-37-29(33)32-28(24-14-16-25(17-15-24)31-23(2)30)40(34,38-26-10-6-4-7-11-26)39-27-12-8-5-9-13-27/h1,4-17,28,31H,2,18-22,30H2,(H,32,33). The molecule has 0 aromatic heterocycles. The van der Waals surface area contributed by atoms with Crippen LogP contribution >= 0.6 is 7.60 Å². The molecular weight excluding hydrogens is 533 g/mol. The fourth-order valence-corrected chi connectivity index (χ4v) is 5.24.